The van der Waals surface area contributed by atoms with Gasteiger partial charge in [-0.05, 0) is 48.0 Å². The van der Waals surface area contributed by atoms with E-state index in [0.29, 0.717) is 15.7 Å². The molecule has 0 aliphatic carbocycles. The van der Waals surface area contributed by atoms with Crippen molar-refractivity contribution in [1.29, 1.82) is 0 Å². The Balaban J connectivity index is 1.68. The first kappa shape index (κ1) is 20.0. The first-order valence-corrected chi connectivity index (χ1v) is 9.92. The van der Waals surface area contributed by atoms with Gasteiger partial charge in [0, 0.05) is 33.7 Å². The Morgan fingerprint density at radius 2 is 1.60 bits per heavy atom. The van der Waals surface area contributed by atoms with Gasteiger partial charge in [-0.2, -0.15) is 0 Å². The predicted molar refractivity (Wildman–Crippen MR) is 118 cm³/mol. The Bertz CT molecular complexity index is 1130. The van der Waals surface area contributed by atoms with Crippen LogP contribution in [0, 0.1) is 0 Å². The quantitative estimate of drug-likeness (QED) is 0.386. The van der Waals surface area contributed by atoms with Gasteiger partial charge in [0.25, 0.3) is 0 Å². The number of aromatic nitrogens is 2. The average Bonchev–Trinajstić information content (AvgIpc) is 3.29. The molecule has 3 aromatic carbocycles. The topological polar surface area (TPSA) is 56.1 Å². The first-order valence-electron chi connectivity index (χ1n) is 9.16. The number of ether oxygens (including phenoxy) is 1. The summed E-state index contributed by atoms with van der Waals surface area (Å²) < 4.78 is 7.75. The Morgan fingerprint density at radius 3 is 2.27 bits per heavy atom. The zero-order valence-corrected chi connectivity index (χ0v) is 17.2. The third-order valence-electron chi connectivity index (χ3n) is 4.49. The molecule has 1 heterocycles. The second-order valence-electron chi connectivity index (χ2n) is 6.50. The number of carbonyl (C=O) groups is 1. The predicted octanol–water partition coefficient (Wildman–Crippen LogP) is 6.52. The second kappa shape index (κ2) is 9.03. The smallest absolute Gasteiger partial charge is 0.412 e. The summed E-state index contributed by atoms with van der Waals surface area (Å²) in [5, 5.41) is 3.93. The maximum Gasteiger partial charge on any atom is 0.412 e. The van der Waals surface area contributed by atoms with Crippen LogP contribution in [0.1, 0.15) is 17.2 Å². The minimum atomic E-state index is -0.659. The minimum absolute atomic E-state index is 0.585. The third-order valence-corrected chi connectivity index (χ3v) is 4.99. The molecular weight excluding hydrogens is 421 g/mol. The Labute approximate surface area is 183 Å². The number of hydrogen-bond acceptors (Lipinski definition) is 3. The van der Waals surface area contributed by atoms with E-state index in [0.717, 1.165) is 16.8 Å². The summed E-state index contributed by atoms with van der Waals surface area (Å²) in [6.07, 6.45) is 3.99. The number of rotatable bonds is 5. The van der Waals surface area contributed by atoms with Gasteiger partial charge in [-0.3, -0.25) is 5.32 Å². The molecule has 0 aliphatic heterocycles. The molecule has 0 bridgehead atoms. The summed E-state index contributed by atoms with van der Waals surface area (Å²) in [6, 6.07) is 21.7. The largest absolute Gasteiger partial charge is 0.436 e. The highest BCUT2D eigenvalue weighted by atomic mass is 35.5. The molecule has 0 radical (unpaired) electrons. The van der Waals surface area contributed by atoms with Gasteiger partial charge in [-0.25, -0.2) is 9.78 Å². The molecule has 1 aromatic heterocycles. The van der Waals surface area contributed by atoms with Crippen LogP contribution in [0.25, 0.3) is 5.69 Å². The highest BCUT2D eigenvalue weighted by molar-refractivity contribution is 6.30. The summed E-state index contributed by atoms with van der Waals surface area (Å²) in [5.41, 5.74) is 3.04. The van der Waals surface area contributed by atoms with E-state index in [-0.39, 0.29) is 0 Å². The van der Waals surface area contributed by atoms with Gasteiger partial charge >= 0.3 is 6.09 Å². The minimum Gasteiger partial charge on any atom is -0.436 e. The van der Waals surface area contributed by atoms with E-state index in [1.807, 2.05) is 47.2 Å². The molecule has 1 amide bonds. The highest BCUT2D eigenvalue weighted by Crippen LogP contribution is 2.32. The molecule has 0 aliphatic rings. The molecule has 0 saturated heterocycles. The monoisotopic (exact) mass is 437 g/mol. The number of halogens is 2. The normalized spacial score (nSPS) is 11.7. The molecule has 0 saturated carbocycles. The van der Waals surface area contributed by atoms with Crippen LogP contribution in [-0.2, 0) is 4.74 Å². The number of nitrogens with zero attached hydrogens (tertiary/aromatic N) is 2. The molecule has 1 atom stereocenters. The standard InChI is InChI=1S/C23H17Cl2N3O2/c24-17-7-5-16(6-8-17)22(30-23(29)27-19-11-9-18(25)10-12-19)20-3-1-2-4-21(20)28-14-13-26-15-28/h1-15,22H,(H,27,29)/t22-/m1/s1. The number of nitrogens with one attached hydrogen (secondary N) is 1. The van der Waals surface area contributed by atoms with Crippen molar-refractivity contribution >= 4 is 35.0 Å². The summed E-state index contributed by atoms with van der Waals surface area (Å²) in [4.78, 5) is 16.8. The fourth-order valence-electron chi connectivity index (χ4n) is 3.08. The van der Waals surface area contributed by atoms with Gasteiger partial charge < -0.3 is 9.30 Å². The van der Waals surface area contributed by atoms with E-state index >= 15 is 0 Å². The molecule has 5 nitrogen and oxygen atoms in total. The van der Waals surface area contributed by atoms with Crippen LogP contribution in [-0.4, -0.2) is 15.6 Å². The lowest BCUT2D eigenvalue weighted by molar-refractivity contribution is 0.131. The van der Waals surface area contributed by atoms with E-state index in [1.165, 1.54) is 0 Å². The molecule has 4 rings (SSSR count). The fraction of sp³-hybridized carbons (Fsp3) is 0.0435. The first-order chi connectivity index (χ1) is 14.6. The Kier molecular flexibility index (Phi) is 6.02. The Morgan fingerprint density at radius 1 is 0.933 bits per heavy atom. The molecule has 0 spiro atoms. The average molecular weight is 438 g/mol. The molecular formula is C23H17Cl2N3O2. The zero-order chi connectivity index (χ0) is 20.9. The van der Waals surface area contributed by atoms with Gasteiger partial charge in [0.2, 0.25) is 0 Å². The summed E-state index contributed by atoms with van der Waals surface area (Å²) >= 11 is 12.0. The number of para-hydroxylation sites is 1. The molecule has 0 fully saturated rings. The summed E-state index contributed by atoms with van der Waals surface area (Å²) in [6.45, 7) is 0. The number of hydrogen-bond donors (Lipinski definition) is 1. The molecule has 150 valence electrons. The number of carbonyl (C=O) groups excluding carboxylic acids is 1. The van der Waals surface area contributed by atoms with Crippen molar-refractivity contribution in [3.05, 3.63) is 113 Å². The number of amides is 1. The SMILES string of the molecule is O=C(Nc1ccc(Cl)cc1)O[C@H](c1ccc(Cl)cc1)c1ccccc1-n1ccnc1. The van der Waals surface area contributed by atoms with Crippen LogP contribution in [0.5, 0.6) is 0 Å². The van der Waals surface area contributed by atoms with Crippen LogP contribution in [0.15, 0.2) is 91.5 Å². The fourth-order valence-corrected chi connectivity index (χ4v) is 3.33. The van der Waals surface area contributed by atoms with Gasteiger partial charge in [-0.1, -0.05) is 53.5 Å². The summed E-state index contributed by atoms with van der Waals surface area (Å²) in [7, 11) is 0. The molecule has 30 heavy (non-hydrogen) atoms. The third kappa shape index (κ3) is 4.64. The van der Waals surface area contributed by atoms with Crippen LogP contribution in [0.2, 0.25) is 10.0 Å². The lowest BCUT2D eigenvalue weighted by atomic mass is 9.99. The van der Waals surface area contributed by atoms with E-state index in [9.17, 15) is 4.79 Å². The van der Waals surface area contributed by atoms with Crippen molar-refractivity contribution in [2.24, 2.45) is 0 Å². The second-order valence-corrected chi connectivity index (χ2v) is 7.37. The highest BCUT2D eigenvalue weighted by Gasteiger charge is 2.23. The molecule has 7 heteroatoms. The van der Waals surface area contributed by atoms with Crippen molar-refractivity contribution in [3.63, 3.8) is 0 Å². The lowest BCUT2D eigenvalue weighted by Crippen LogP contribution is -2.19. The maximum atomic E-state index is 12.7. The molecule has 4 aromatic rings. The number of benzene rings is 3. The molecule has 1 N–H and O–H groups in total. The van der Waals surface area contributed by atoms with Gasteiger partial charge in [-0.15, -0.1) is 0 Å². The van der Waals surface area contributed by atoms with Crippen LogP contribution in [0.3, 0.4) is 0 Å². The maximum absolute atomic E-state index is 12.7. The van der Waals surface area contributed by atoms with Gasteiger partial charge in [0.15, 0.2) is 6.10 Å². The van der Waals surface area contributed by atoms with Crippen molar-refractivity contribution in [2.75, 3.05) is 5.32 Å². The zero-order valence-electron chi connectivity index (χ0n) is 15.7. The molecule has 0 unspecified atom stereocenters. The van der Waals surface area contributed by atoms with Gasteiger partial charge in [0.05, 0.1) is 12.0 Å². The van der Waals surface area contributed by atoms with Gasteiger partial charge in [0.1, 0.15) is 0 Å². The van der Waals surface area contributed by atoms with Crippen molar-refractivity contribution in [3.8, 4) is 5.69 Å². The van der Waals surface area contributed by atoms with E-state index in [4.69, 9.17) is 27.9 Å². The number of imidazole rings is 1. The van der Waals surface area contributed by atoms with E-state index in [2.05, 4.69) is 10.3 Å². The Hall–Kier alpha value is -3.28. The van der Waals surface area contributed by atoms with Crippen LogP contribution >= 0.6 is 23.2 Å². The number of anilines is 1. The van der Waals surface area contributed by atoms with Crippen molar-refractivity contribution < 1.29 is 9.53 Å². The van der Waals surface area contributed by atoms with Crippen molar-refractivity contribution in [2.45, 2.75) is 6.10 Å². The van der Waals surface area contributed by atoms with Crippen LogP contribution < -0.4 is 5.32 Å². The van der Waals surface area contributed by atoms with E-state index < -0.39 is 12.2 Å². The van der Waals surface area contributed by atoms with Crippen LogP contribution in [0.4, 0.5) is 10.5 Å². The lowest BCUT2D eigenvalue weighted by Gasteiger charge is -2.22. The van der Waals surface area contributed by atoms with Crippen molar-refractivity contribution in [1.82, 2.24) is 9.55 Å². The van der Waals surface area contributed by atoms with E-state index in [1.54, 1.807) is 48.9 Å². The summed E-state index contributed by atoms with van der Waals surface area (Å²) in [5.74, 6) is 0.